The van der Waals surface area contributed by atoms with E-state index < -0.39 is 6.37 Å². The van der Waals surface area contributed by atoms with Gasteiger partial charge in [-0.05, 0) is 184 Å². The van der Waals surface area contributed by atoms with Gasteiger partial charge in [-0.2, -0.15) is 0 Å². The molecule has 0 amide bonds. The molecule has 0 atom stereocenters. The standard InChI is InChI=1S/C50H54S2Si/c1-29-21-33(5)45(34(6)22-29)41-15-13-16-42(46-35(7)23-30(2)24-36(46)8)49(41)51-53(19-20-53)52-50-43(47-37(9)25-31(3)26-38(47)10)17-14-18-44(50)48-39(11)27-32(4)28-40(48)12/h13-18,21-28H,19-20H2,1-12H3. The van der Waals surface area contributed by atoms with Crippen molar-refractivity contribution < 1.29 is 0 Å². The predicted octanol–water partition coefficient (Wildman–Crippen LogP) is 15.4. The average Bonchev–Trinajstić information content (AvgIpc) is 3.80. The topological polar surface area (TPSA) is 0 Å². The number of hydrogen-bond donors (Lipinski definition) is 0. The maximum absolute atomic E-state index is 2.40. The van der Waals surface area contributed by atoms with Crippen LogP contribution in [0.4, 0.5) is 0 Å². The number of benzene rings is 6. The van der Waals surface area contributed by atoms with Crippen molar-refractivity contribution in [2.75, 3.05) is 0 Å². The maximum atomic E-state index is 2.40. The maximum Gasteiger partial charge on any atom is 0.187 e. The van der Waals surface area contributed by atoms with Crippen LogP contribution in [0.2, 0.25) is 12.1 Å². The molecule has 0 aromatic heterocycles. The zero-order chi connectivity index (χ0) is 37.9. The molecule has 1 aliphatic rings. The SMILES string of the molecule is Cc1cc(C)c(-c2cccc(-c3c(C)cc(C)cc3C)c2S[Si]2(Sc3c(-c4c(C)cc(C)cc4C)cccc3-c3c(C)cc(C)cc3C)CC2)c(C)c1. The third-order valence-electron chi connectivity index (χ3n) is 11.0. The third-order valence-corrected chi connectivity index (χ3v) is 21.8. The highest BCUT2D eigenvalue weighted by Gasteiger charge is 2.50. The Labute approximate surface area is 328 Å². The number of hydrogen-bond acceptors (Lipinski definition) is 2. The molecular formula is C50H54S2Si. The fourth-order valence-electron chi connectivity index (χ4n) is 9.20. The van der Waals surface area contributed by atoms with Crippen molar-refractivity contribution in [3.63, 3.8) is 0 Å². The second kappa shape index (κ2) is 14.5. The molecule has 6 aromatic rings. The van der Waals surface area contributed by atoms with Gasteiger partial charge in [0, 0.05) is 9.79 Å². The van der Waals surface area contributed by atoms with Crippen LogP contribution in [0.15, 0.2) is 94.7 Å². The van der Waals surface area contributed by atoms with E-state index in [9.17, 15) is 0 Å². The molecule has 1 aliphatic heterocycles. The first-order valence-corrected chi connectivity index (χ1v) is 24.6. The lowest BCUT2D eigenvalue weighted by molar-refractivity contribution is 1.28. The van der Waals surface area contributed by atoms with E-state index in [0.29, 0.717) is 0 Å². The Kier molecular flexibility index (Phi) is 10.3. The van der Waals surface area contributed by atoms with Gasteiger partial charge in [0.25, 0.3) is 0 Å². The van der Waals surface area contributed by atoms with E-state index >= 15 is 0 Å². The predicted molar refractivity (Wildman–Crippen MR) is 239 cm³/mol. The van der Waals surface area contributed by atoms with Crippen LogP contribution in [0, 0.1) is 83.1 Å². The summed E-state index contributed by atoms with van der Waals surface area (Å²) >= 11 is 4.54. The van der Waals surface area contributed by atoms with Crippen molar-refractivity contribution in [3.05, 3.63) is 152 Å². The van der Waals surface area contributed by atoms with E-state index in [1.165, 1.54) is 133 Å². The van der Waals surface area contributed by atoms with Gasteiger partial charge in [0.15, 0.2) is 6.37 Å². The van der Waals surface area contributed by atoms with Crippen LogP contribution in [-0.2, 0) is 0 Å². The van der Waals surface area contributed by atoms with E-state index in [2.05, 4.69) is 190 Å². The van der Waals surface area contributed by atoms with E-state index in [1.807, 2.05) is 0 Å². The largest absolute Gasteiger partial charge is 0.187 e. The molecule has 1 heterocycles. The summed E-state index contributed by atoms with van der Waals surface area (Å²) in [7, 11) is 0. The molecule has 0 bridgehead atoms. The molecule has 270 valence electrons. The Morgan fingerprint density at radius 1 is 0.340 bits per heavy atom. The van der Waals surface area contributed by atoms with Crippen LogP contribution in [0.5, 0.6) is 0 Å². The minimum absolute atomic E-state index is 1.30. The van der Waals surface area contributed by atoms with Gasteiger partial charge in [0.05, 0.1) is 0 Å². The van der Waals surface area contributed by atoms with Crippen LogP contribution >= 0.6 is 22.4 Å². The summed E-state index contributed by atoms with van der Waals surface area (Å²) in [5.74, 6) is 0. The summed E-state index contributed by atoms with van der Waals surface area (Å²) in [6.07, 6.45) is -1.94. The second-order valence-electron chi connectivity index (χ2n) is 16.1. The molecule has 0 aliphatic carbocycles. The fourth-order valence-corrected chi connectivity index (χ4v) is 20.9. The Morgan fingerprint density at radius 2 is 0.547 bits per heavy atom. The quantitative estimate of drug-likeness (QED) is 0.142. The van der Waals surface area contributed by atoms with Crippen molar-refractivity contribution in [2.24, 2.45) is 0 Å². The molecule has 0 radical (unpaired) electrons. The minimum Gasteiger partial charge on any atom is -0.136 e. The molecule has 1 saturated heterocycles. The van der Waals surface area contributed by atoms with Crippen LogP contribution in [0.1, 0.15) is 66.8 Å². The lowest BCUT2D eigenvalue weighted by atomic mass is 9.89. The molecule has 0 saturated carbocycles. The molecule has 3 heteroatoms. The number of rotatable bonds is 8. The Hall–Kier alpha value is -3.76. The molecule has 53 heavy (non-hydrogen) atoms. The minimum atomic E-state index is -1.94. The highest BCUT2D eigenvalue weighted by Crippen LogP contribution is 2.63. The Morgan fingerprint density at radius 3 is 0.736 bits per heavy atom. The summed E-state index contributed by atoms with van der Waals surface area (Å²) in [6.45, 7) is 27.3. The van der Waals surface area contributed by atoms with Gasteiger partial charge >= 0.3 is 0 Å². The van der Waals surface area contributed by atoms with E-state index in [0.717, 1.165) is 0 Å². The normalized spacial score (nSPS) is 13.4. The third kappa shape index (κ3) is 7.25. The van der Waals surface area contributed by atoms with Crippen molar-refractivity contribution in [3.8, 4) is 44.5 Å². The zero-order valence-corrected chi connectivity index (χ0v) is 36.4. The van der Waals surface area contributed by atoms with Crippen molar-refractivity contribution in [2.45, 2.75) is 105 Å². The van der Waals surface area contributed by atoms with Gasteiger partial charge in [-0.3, -0.25) is 0 Å². The molecule has 0 nitrogen and oxygen atoms in total. The highest BCUT2D eigenvalue weighted by atomic mass is 32.6. The molecule has 6 aromatic carbocycles. The summed E-state index contributed by atoms with van der Waals surface area (Å²) < 4.78 is 0. The van der Waals surface area contributed by atoms with Gasteiger partial charge in [0.2, 0.25) is 0 Å². The Bertz CT molecular complexity index is 2020. The van der Waals surface area contributed by atoms with Gasteiger partial charge in [-0.15, -0.1) is 22.4 Å². The van der Waals surface area contributed by atoms with Gasteiger partial charge < -0.3 is 0 Å². The zero-order valence-electron chi connectivity index (χ0n) is 33.8. The summed E-state index contributed by atoms with van der Waals surface area (Å²) in [4.78, 5) is 2.94. The van der Waals surface area contributed by atoms with Gasteiger partial charge in [-0.25, -0.2) is 0 Å². The molecule has 1 fully saturated rings. The molecular weight excluding hydrogens is 693 g/mol. The lowest BCUT2D eigenvalue weighted by Gasteiger charge is -2.26. The van der Waals surface area contributed by atoms with E-state index in [-0.39, 0.29) is 0 Å². The van der Waals surface area contributed by atoms with Crippen molar-refractivity contribution in [1.82, 2.24) is 0 Å². The van der Waals surface area contributed by atoms with Crippen molar-refractivity contribution >= 4 is 28.8 Å². The molecule has 0 unspecified atom stereocenters. The molecule has 7 rings (SSSR count). The van der Waals surface area contributed by atoms with Crippen molar-refractivity contribution in [1.29, 1.82) is 0 Å². The van der Waals surface area contributed by atoms with Crippen LogP contribution < -0.4 is 0 Å². The first kappa shape index (κ1) is 37.5. The fraction of sp³-hybridized carbons (Fsp3) is 0.280. The smallest absolute Gasteiger partial charge is 0.136 e. The average molecular weight is 747 g/mol. The first-order chi connectivity index (χ1) is 25.2. The first-order valence-electron chi connectivity index (χ1n) is 19.1. The van der Waals surface area contributed by atoms with Crippen LogP contribution in [0.3, 0.4) is 0 Å². The monoisotopic (exact) mass is 746 g/mol. The molecule has 0 N–H and O–H groups in total. The summed E-state index contributed by atoms with van der Waals surface area (Å²) in [5, 5.41) is 0. The second-order valence-corrected chi connectivity index (χ2v) is 26.8. The van der Waals surface area contributed by atoms with E-state index in [4.69, 9.17) is 0 Å². The summed E-state index contributed by atoms with van der Waals surface area (Å²) in [5.41, 5.74) is 27.4. The Balaban J connectivity index is 1.46. The van der Waals surface area contributed by atoms with Gasteiger partial charge in [-0.1, -0.05) is 107 Å². The van der Waals surface area contributed by atoms with Crippen LogP contribution in [-0.4, -0.2) is 6.37 Å². The molecule has 0 spiro atoms. The van der Waals surface area contributed by atoms with E-state index in [1.54, 1.807) is 0 Å². The van der Waals surface area contributed by atoms with Crippen LogP contribution in [0.25, 0.3) is 44.5 Å². The van der Waals surface area contributed by atoms with Gasteiger partial charge in [0.1, 0.15) is 0 Å². The summed E-state index contributed by atoms with van der Waals surface area (Å²) in [6, 6.07) is 35.8. The number of aryl methyl sites for hydroxylation is 12. The highest BCUT2D eigenvalue weighted by molar-refractivity contribution is 8.59. The lowest BCUT2D eigenvalue weighted by Crippen LogP contribution is -2.07.